The molecule has 1 N–H and O–H groups in total. The second kappa shape index (κ2) is 8.85. The molecule has 27 heavy (non-hydrogen) atoms. The molecule has 0 saturated carbocycles. The number of nitrogens with one attached hydrogen (secondary N) is 1. The number of hydrogen-bond donors (Lipinski definition) is 1. The number of rotatable bonds is 6. The zero-order valence-corrected chi connectivity index (χ0v) is 17.0. The van der Waals surface area contributed by atoms with Crippen molar-refractivity contribution in [1.82, 2.24) is 5.32 Å². The molecule has 0 aliphatic carbocycles. The van der Waals surface area contributed by atoms with Gasteiger partial charge in [-0.1, -0.05) is 52.0 Å². The van der Waals surface area contributed by atoms with Gasteiger partial charge < -0.3 is 10.2 Å². The van der Waals surface area contributed by atoms with Gasteiger partial charge in [-0.3, -0.25) is 9.59 Å². The summed E-state index contributed by atoms with van der Waals surface area (Å²) < 4.78 is 0. The zero-order chi connectivity index (χ0) is 20.0. The lowest BCUT2D eigenvalue weighted by Gasteiger charge is -2.22. The smallest absolute Gasteiger partial charge is 0.251 e. The lowest BCUT2D eigenvalue weighted by atomic mass is 9.87. The van der Waals surface area contributed by atoms with Crippen molar-refractivity contribution in [2.24, 2.45) is 0 Å². The molecule has 2 aromatic carbocycles. The molecular weight excluding hydrogens is 336 g/mol. The Morgan fingerprint density at radius 2 is 1.56 bits per heavy atom. The number of aryl methyl sites for hydroxylation is 1. The summed E-state index contributed by atoms with van der Waals surface area (Å²) in [5.41, 5.74) is 3.96. The average Bonchev–Trinajstić information content (AvgIpc) is 2.64. The Labute approximate surface area is 162 Å². The van der Waals surface area contributed by atoms with Gasteiger partial charge in [0.25, 0.3) is 5.91 Å². The van der Waals surface area contributed by atoms with Gasteiger partial charge in [-0.15, -0.1) is 0 Å². The van der Waals surface area contributed by atoms with Gasteiger partial charge in [-0.05, 0) is 47.2 Å². The van der Waals surface area contributed by atoms with E-state index in [2.05, 4.69) is 33.0 Å². The fourth-order valence-corrected chi connectivity index (χ4v) is 2.88. The molecule has 0 bridgehead atoms. The second-order valence-electron chi connectivity index (χ2n) is 7.77. The predicted octanol–water partition coefficient (Wildman–Crippen LogP) is 4.33. The van der Waals surface area contributed by atoms with E-state index in [0.29, 0.717) is 18.7 Å². The zero-order valence-electron chi connectivity index (χ0n) is 17.0. The van der Waals surface area contributed by atoms with E-state index in [-0.39, 0.29) is 17.2 Å². The highest BCUT2D eigenvalue weighted by molar-refractivity contribution is 5.94. The van der Waals surface area contributed by atoms with Crippen LogP contribution in [0.2, 0.25) is 0 Å². The van der Waals surface area contributed by atoms with Crippen molar-refractivity contribution in [2.75, 3.05) is 18.0 Å². The molecule has 0 spiro atoms. The van der Waals surface area contributed by atoms with E-state index in [1.54, 1.807) is 11.8 Å². The summed E-state index contributed by atoms with van der Waals surface area (Å²) >= 11 is 0. The Hall–Kier alpha value is -2.62. The van der Waals surface area contributed by atoms with Crippen molar-refractivity contribution >= 4 is 17.5 Å². The number of nitrogens with zero attached hydrogens (tertiary/aromatic N) is 1. The standard InChI is InChI=1S/C23H30N2O2/c1-6-18-7-13-21(14-8-18)25(17(2)26)16-15-24-22(27)19-9-11-20(12-10-19)23(3,4)5/h7-14H,6,15-16H2,1-5H3,(H,24,27). The van der Waals surface area contributed by atoms with Gasteiger partial charge in [0, 0.05) is 31.3 Å². The Morgan fingerprint density at radius 3 is 2.04 bits per heavy atom. The molecule has 4 nitrogen and oxygen atoms in total. The molecule has 0 heterocycles. The lowest BCUT2D eigenvalue weighted by Crippen LogP contribution is -2.37. The highest BCUT2D eigenvalue weighted by atomic mass is 16.2. The SMILES string of the molecule is CCc1ccc(N(CCNC(=O)c2ccc(C(C)(C)C)cc2)C(C)=O)cc1. The van der Waals surface area contributed by atoms with Crippen LogP contribution in [-0.2, 0) is 16.6 Å². The first-order valence-corrected chi connectivity index (χ1v) is 9.48. The molecule has 2 amide bonds. The molecular formula is C23H30N2O2. The van der Waals surface area contributed by atoms with E-state index >= 15 is 0 Å². The average molecular weight is 367 g/mol. The molecule has 0 radical (unpaired) electrons. The van der Waals surface area contributed by atoms with Crippen LogP contribution < -0.4 is 10.2 Å². The van der Waals surface area contributed by atoms with Crippen LogP contribution in [0.25, 0.3) is 0 Å². The Morgan fingerprint density at radius 1 is 0.963 bits per heavy atom. The third kappa shape index (κ3) is 5.68. The van der Waals surface area contributed by atoms with E-state index < -0.39 is 0 Å². The largest absolute Gasteiger partial charge is 0.350 e. The molecule has 0 unspecified atom stereocenters. The number of carbonyl (C=O) groups excluding carboxylic acids is 2. The van der Waals surface area contributed by atoms with E-state index in [0.717, 1.165) is 12.1 Å². The van der Waals surface area contributed by atoms with Gasteiger partial charge in [0.15, 0.2) is 0 Å². The molecule has 0 atom stereocenters. The lowest BCUT2D eigenvalue weighted by molar-refractivity contribution is -0.116. The van der Waals surface area contributed by atoms with Crippen molar-refractivity contribution in [3.63, 3.8) is 0 Å². The van der Waals surface area contributed by atoms with Gasteiger partial charge in [0.05, 0.1) is 0 Å². The summed E-state index contributed by atoms with van der Waals surface area (Å²) in [5.74, 6) is -0.164. The topological polar surface area (TPSA) is 49.4 Å². The number of anilines is 1. The van der Waals surface area contributed by atoms with Crippen LogP contribution in [-0.4, -0.2) is 24.9 Å². The highest BCUT2D eigenvalue weighted by Crippen LogP contribution is 2.22. The van der Waals surface area contributed by atoms with Crippen molar-refractivity contribution in [2.45, 2.75) is 46.5 Å². The minimum atomic E-state index is -0.125. The molecule has 0 aliphatic heterocycles. The molecule has 0 aromatic heterocycles. The van der Waals surface area contributed by atoms with Gasteiger partial charge >= 0.3 is 0 Å². The van der Waals surface area contributed by atoms with Crippen molar-refractivity contribution in [3.05, 3.63) is 65.2 Å². The van der Waals surface area contributed by atoms with Crippen molar-refractivity contribution < 1.29 is 9.59 Å². The molecule has 2 rings (SSSR count). The van der Waals surface area contributed by atoms with Crippen molar-refractivity contribution in [3.8, 4) is 0 Å². The molecule has 4 heteroatoms. The molecule has 144 valence electrons. The molecule has 0 saturated heterocycles. The summed E-state index contributed by atoms with van der Waals surface area (Å²) in [7, 11) is 0. The monoisotopic (exact) mass is 366 g/mol. The molecule has 0 fully saturated rings. The highest BCUT2D eigenvalue weighted by Gasteiger charge is 2.15. The first-order valence-electron chi connectivity index (χ1n) is 9.48. The van der Waals surface area contributed by atoms with Gasteiger partial charge in [0.2, 0.25) is 5.91 Å². The van der Waals surface area contributed by atoms with Crippen LogP contribution in [0.4, 0.5) is 5.69 Å². The Balaban J connectivity index is 1.95. The quantitative estimate of drug-likeness (QED) is 0.827. The first-order chi connectivity index (χ1) is 12.7. The van der Waals surface area contributed by atoms with Crippen LogP contribution in [0, 0.1) is 0 Å². The van der Waals surface area contributed by atoms with Crippen LogP contribution in [0.1, 0.15) is 56.1 Å². The van der Waals surface area contributed by atoms with E-state index in [1.807, 2.05) is 48.5 Å². The van der Waals surface area contributed by atoms with Gasteiger partial charge in [-0.25, -0.2) is 0 Å². The molecule has 0 aliphatic rings. The van der Waals surface area contributed by atoms with Gasteiger partial charge in [0.1, 0.15) is 0 Å². The summed E-state index contributed by atoms with van der Waals surface area (Å²) in [4.78, 5) is 26.0. The van der Waals surface area contributed by atoms with Gasteiger partial charge in [-0.2, -0.15) is 0 Å². The summed E-state index contributed by atoms with van der Waals surface area (Å²) in [5, 5.41) is 2.90. The number of carbonyl (C=O) groups is 2. The minimum Gasteiger partial charge on any atom is -0.350 e. The van der Waals surface area contributed by atoms with Crippen LogP contribution in [0.5, 0.6) is 0 Å². The summed E-state index contributed by atoms with van der Waals surface area (Å²) in [6.45, 7) is 10.9. The summed E-state index contributed by atoms with van der Waals surface area (Å²) in [6.07, 6.45) is 0.963. The molecule has 2 aromatic rings. The maximum Gasteiger partial charge on any atom is 0.251 e. The number of amides is 2. The maximum absolute atomic E-state index is 12.4. The Kier molecular flexibility index (Phi) is 6.78. The normalized spacial score (nSPS) is 11.1. The number of hydrogen-bond acceptors (Lipinski definition) is 2. The van der Waals surface area contributed by atoms with Crippen LogP contribution in [0.15, 0.2) is 48.5 Å². The Bertz CT molecular complexity index is 772. The minimum absolute atomic E-state index is 0.0389. The fraction of sp³-hybridized carbons (Fsp3) is 0.391. The van der Waals surface area contributed by atoms with Crippen LogP contribution >= 0.6 is 0 Å². The second-order valence-corrected chi connectivity index (χ2v) is 7.77. The van der Waals surface area contributed by atoms with Crippen LogP contribution in [0.3, 0.4) is 0 Å². The first kappa shape index (κ1) is 20.7. The maximum atomic E-state index is 12.4. The number of benzene rings is 2. The van der Waals surface area contributed by atoms with Crippen molar-refractivity contribution in [1.29, 1.82) is 0 Å². The predicted molar refractivity (Wildman–Crippen MR) is 111 cm³/mol. The van der Waals surface area contributed by atoms with E-state index in [9.17, 15) is 9.59 Å². The van der Waals surface area contributed by atoms with E-state index in [1.165, 1.54) is 11.1 Å². The van der Waals surface area contributed by atoms with E-state index in [4.69, 9.17) is 0 Å². The third-order valence-electron chi connectivity index (χ3n) is 4.67. The summed E-state index contributed by atoms with van der Waals surface area (Å²) in [6, 6.07) is 15.6. The third-order valence-corrected chi connectivity index (χ3v) is 4.67. The fourth-order valence-electron chi connectivity index (χ4n) is 2.88.